The van der Waals surface area contributed by atoms with E-state index in [0.717, 1.165) is 44.4 Å². The van der Waals surface area contributed by atoms with Gasteiger partial charge in [0.05, 0.1) is 30.6 Å². The summed E-state index contributed by atoms with van der Waals surface area (Å²) in [7, 11) is 1.81. The Morgan fingerprint density at radius 3 is 2.87 bits per heavy atom. The molecule has 0 aromatic carbocycles. The third kappa shape index (κ3) is 4.93. The summed E-state index contributed by atoms with van der Waals surface area (Å²) in [5, 5.41) is 17.5. The van der Waals surface area contributed by atoms with Gasteiger partial charge in [0.2, 0.25) is 5.88 Å². The van der Waals surface area contributed by atoms with Crippen molar-refractivity contribution in [2.75, 3.05) is 6.61 Å². The van der Waals surface area contributed by atoms with Crippen LogP contribution in [0, 0.1) is 5.92 Å². The first-order valence-corrected chi connectivity index (χ1v) is 10.4. The van der Waals surface area contributed by atoms with Gasteiger partial charge in [0.25, 0.3) is 0 Å². The fourth-order valence-electron chi connectivity index (χ4n) is 3.90. The number of aryl methyl sites for hydroxylation is 1. The van der Waals surface area contributed by atoms with Gasteiger partial charge in [0, 0.05) is 13.7 Å². The molecule has 3 atom stereocenters. The zero-order valence-electron chi connectivity index (χ0n) is 17.1. The van der Waals surface area contributed by atoms with E-state index >= 15 is 0 Å². The Bertz CT molecular complexity index is 850. The van der Waals surface area contributed by atoms with Gasteiger partial charge < -0.3 is 19.3 Å². The molecule has 0 spiro atoms. The van der Waals surface area contributed by atoms with Crippen LogP contribution >= 0.6 is 0 Å². The van der Waals surface area contributed by atoms with Crippen LogP contribution in [0.1, 0.15) is 50.6 Å². The number of ether oxygens (including phenoxy) is 3. The van der Waals surface area contributed by atoms with E-state index in [2.05, 4.69) is 20.3 Å². The first-order valence-electron chi connectivity index (χ1n) is 10.4. The first kappa shape index (κ1) is 20.7. The van der Waals surface area contributed by atoms with Crippen LogP contribution in [0.25, 0.3) is 11.4 Å². The Labute approximate surface area is 174 Å². The minimum Gasteiger partial charge on any atom is -0.481 e. The lowest BCUT2D eigenvalue weighted by Gasteiger charge is -2.26. The lowest BCUT2D eigenvalue weighted by atomic mass is 9.87. The number of aromatic nitrogens is 5. The van der Waals surface area contributed by atoms with Crippen molar-refractivity contribution in [2.45, 2.75) is 63.9 Å². The zero-order chi connectivity index (χ0) is 20.9. The van der Waals surface area contributed by atoms with E-state index in [9.17, 15) is 9.90 Å². The van der Waals surface area contributed by atoms with Crippen molar-refractivity contribution < 1.29 is 24.1 Å². The highest BCUT2D eigenvalue weighted by atomic mass is 16.7. The molecule has 0 amide bonds. The Morgan fingerprint density at radius 1 is 1.23 bits per heavy atom. The third-order valence-corrected chi connectivity index (χ3v) is 5.62. The normalized spacial score (nSPS) is 24.5. The summed E-state index contributed by atoms with van der Waals surface area (Å²) in [4.78, 5) is 20.0. The van der Waals surface area contributed by atoms with Crippen molar-refractivity contribution in [3.63, 3.8) is 0 Å². The van der Waals surface area contributed by atoms with Crippen LogP contribution in [-0.4, -0.2) is 55.0 Å². The quantitative estimate of drug-likeness (QED) is 0.723. The van der Waals surface area contributed by atoms with Crippen LogP contribution in [0.4, 0.5) is 0 Å². The van der Waals surface area contributed by atoms with Crippen LogP contribution in [0.3, 0.4) is 0 Å². The first-order chi connectivity index (χ1) is 14.6. The summed E-state index contributed by atoms with van der Waals surface area (Å²) in [6.07, 6.45) is 8.68. The monoisotopic (exact) mass is 417 g/mol. The summed E-state index contributed by atoms with van der Waals surface area (Å²) in [5.41, 5.74) is 1.98. The van der Waals surface area contributed by atoms with Gasteiger partial charge in [0.15, 0.2) is 6.29 Å². The SMILES string of the molecule is Cn1nnc(-c2cnc(O[C@H]3CCC[C@H](C(=O)O)C3)cn2)c1COC1CCCCO1. The number of hydrogen-bond acceptors (Lipinski definition) is 8. The molecule has 3 heterocycles. The predicted molar refractivity (Wildman–Crippen MR) is 104 cm³/mol. The van der Waals surface area contributed by atoms with Crippen LogP contribution in [0.5, 0.6) is 5.88 Å². The van der Waals surface area contributed by atoms with Crippen LogP contribution in [0.15, 0.2) is 12.4 Å². The largest absolute Gasteiger partial charge is 0.481 e. The van der Waals surface area contributed by atoms with Crippen LogP contribution in [-0.2, 0) is 27.9 Å². The molecule has 162 valence electrons. The van der Waals surface area contributed by atoms with Gasteiger partial charge in [-0.2, -0.15) is 0 Å². The van der Waals surface area contributed by atoms with Crippen molar-refractivity contribution in [3.8, 4) is 17.3 Å². The Morgan fingerprint density at radius 2 is 2.13 bits per heavy atom. The van der Waals surface area contributed by atoms with Crippen molar-refractivity contribution in [3.05, 3.63) is 18.1 Å². The summed E-state index contributed by atoms with van der Waals surface area (Å²) in [6, 6.07) is 0. The molecule has 4 rings (SSSR count). The van der Waals surface area contributed by atoms with Gasteiger partial charge in [-0.15, -0.1) is 5.10 Å². The molecule has 10 nitrogen and oxygen atoms in total. The minimum atomic E-state index is -0.763. The molecule has 0 bridgehead atoms. The summed E-state index contributed by atoms with van der Waals surface area (Å²) >= 11 is 0. The van der Waals surface area contributed by atoms with E-state index in [0.29, 0.717) is 36.7 Å². The lowest BCUT2D eigenvalue weighted by Crippen LogP contribution is -2.29. The smallest absolute Gasteiger partial charge is 0.306 e. The van der Waals surface area contributed by atoms with Crippen molar-refractivity contribution in [1.29, 1.82) is 0 Å². The molecule has 2 aromatic rings. The fraction of sp³-hybridized carbons (Fsp3) is 0.650. The number of carboxylic acid groups (broad SMARTS) is 1. The average Bonchev–Trinajstić information content (AvgIpc) is 3.14. The molecule has 1 unspecified atom stereocenters. The maximum atomic E-state index is 11.2. The van der Waals surface area contributed by atoms with E-state index in [1.54, 1.807) is 17.1 Å². The lowest BCUT2D eigenvalue weighted by molar-refractivity contribution is -0.169. The topological polar surface area (TPSA) is 121 Å². The number of hydrogen-bond donors (Lipinski definition) is 1. The molecule has 1 aliphatic heterocycles. The molecule has 10 heteroatoms. The minimum absolute atomic E-state index is 0.157. The molecule has 2 aromatic heterocycles. The fourth-order valence-corrected chi connectivity index (χ4v) is 3.90. The van der Waals surface area contributed by atoms with Gasteiger partial charge in [0.1, 0.15) is 17.5 Å². The highest BCUT2D eigenvalue weighted by Gasteiger charge is 2.28. The number of aliphatic carboxylic acids is 1. The molecule has 1 saturated carbocycles. The van der Waals surface area contributed by atoms with E-state index in [-0.39, 0.29) is 18.3 Å². The second kappa shape index (κ2) is 9.48. The molecule has 2 aliphatic rings. The number of rotatable bonds is 7. The highest BCUT2D eigenvalue weighted by molar-refractivity contribution is 5.70. The Kier molecular flexibility index (Phi) is 6.53. The maximum Gasteiger partial charge on any atom is 0.306 e. The van der Waals surface area contributed by atoms with Gasteiger partial charge in [-0.25, -0.2) is 14.6 Å². The standard InChI is InChI=1S/C20H27N5O5/c1-25-16(12-29-18-7-2-3-8-28-18)19(23-24-25)15-10-22-17(11-21-15)30-14-6-4-5-13(9-14)20(26)27/h10-11,13-14,18H,2-9,12H2,1H3,(H,26,27)/t13-,14-,18?/m0/s1. The van der Waals surface area contributed by atoms with Crippen molar-refractivity contribution in [2.24, 2.45) is 13.0 Å². The summed E-state index contributed by atoms with van der Waals surface area (Å²) in [5.74, 6) is -0.737. The highest BCUT2D eigenvalue weighted by Crippen LogP contribution is 2.28. The molecule has 2 fully saturated rings. The summed E-state index contributed by atoms with van der Waals surface area (Å²) in [6.45, 7) is 1.05. The van der Waals surface area contributed by atoms with Gasteiger partial charge in [-0.05, 0) is 44.9 Å². The van der Waals surface area contributed by atoms with Crippen LogP contribution < -0.4 is 4.74 Å². The predicted octanol–water partition coefficient (Wildman–Crippen LogP) is 2.34. The Hall–Kier alpha value is -2.59. The van der Waals surface area contributed by atoms with E-state index in [1.165, 1.54) is 0 Å². The number of nitrogens with zero attached hydrogens (tertiary/aromatic N) is 5. The van der Waals surface area contributed by atoms with E-state index in [4.69, 9.17) is 14.2 Å². The molecule has 30 heavy (non-hydrogen) atoms. The second-order valence-corrected chi connectivity index (χ2v) is 7.80. The Balaban J connectivity index is 1.39. The molecular formula is C20H27N5O5. The number of carboxylic acids is 1. The van der Waals surface area contributed by atoms with Crippen molar-refractivity contribution >= 4 is 5.97 Å². The maximum absolute atomic E-state index is 11.2. The number of carbonyl (C=O) groups is 1. The van der Waals surface area contributed by atoms with E-state index < -0.39 is 5.97 Å². The third-order valence-electron chi connectivity index (χ3n) is 5.62. The molecule has 1 N–H and O–H groups in total. The molecular weight excluding hydrogens is 390 g/mol. The molecule has 0 radical (unpaired) electrons. The van der Waals surface area contributed by atoms with Gasteiger partial charge in [-0.3, -0.25) is 4.79 Å². The molecule has 1 saturated heterocycles. The van der Waals surface area contributed by atoms with Gasteiger partial charge in [-0.1, -0.05) is 5.21 Å². The molecule has 1 aliphatic carbocycles. The zero-order valence-corrected chi connectivity index (χ0v) is 17.1. The summed E-state index contributed by atoms with van der Waals surface area (Å²) < 4.78 is 19.0. The average molecular weight is 417 g/mol. The van der Waals surface area contributed by atoms with E-state index in [1.807, 2.05) is 7.05 Å². The van der Waals surface area contributed by atoms with Crippen LogP contribution in [0.2, 0.25) is 0 Å². The van der Waals surface area contributed by atoms with Gasteiger partial charge >= 0.3 is 5.97 Å². The van der Waals surface area contributed by atoms with Crippen molar-refractivity contribution in [1.82, 2.24) is 25.0 Å². The second-order valence-electron chi connectivity index (χ2n) is 7.80.